The molecule has 4 aromatic rings. The molecule has 0 amide bonds. The summed E-state index contributed by atoms with van der Waals surface area (Å²) >= 11 is 0. The summed E-state index contributed by atoms with van der Waals surface area (Å²) in [4.78, 5) is 20.8. The van der Waals surface area contributed by atoms with Crippen LogP contribution in [0.2, 0.25) is 0 Å². The van der Waals surface area contributed by atoms with Crippen LogP contribution in [0.1, 0.15) is 25.5 Å². The number of morpholine rings is 1. The van der Waals surface area contributed by atoms with Crippen molar-refractivity contribution in [2.75, 3.05) is 41.8 Å². The Kier molecular flexibility index (Phi) is 6.30. The molecule has 0 spiro atoms. The molecule has 33 heavy (non-hydrogen) atoms. The van der Waals surface area contributed by atoms with E-state index in [9.17, 15) is 0 Å². The number of unbranched alkanes of at least 4 members (excludes halogenated alkanes) is 1. The number of ether oxygens (including phenoxy) is 1. The highest BCUT2D eigenvalue weighted by molar-refractivity contribution is 5.65. The minimum atomic E-state index is 0.503. The highest BCUT2D eigenvalue weighted by Gasteiger charge is 2.16. The molecule has 0 aromatic carbocycles. The maximum atomic E-state index is 5.52. The number of aromatic nitrogens is 5. The molecule has 4 aromatic heterocycles. The van der Waals surface area contributed by atoms with E-state index in [0.29, 0.717) is 25.0 Å². The number of nitrogens with one attached hydrogen (secondary N) is 2. The van der Waals surface area contributed by atoms with E-state index in [-0.39, 0.29) is 0 Å². The van der Waals surface area contributed by atoms with Crippen molar-refractivity contribution < 1.29 is 4.74 Å². The zero-order valence-corrected chi connectivity index (χ0v) is 18.7. The predicted molar refractivity (Wildman–Crippen MR) is 130 cm³/mol. The molecule has 9 heteroatoms. The fraction of sp³-hybridized carbons (Fsp3) is 0.333. The molecule has 0 saturated carbocycles. The van der Waals surface area contributed by atoms with E-state index in [1.807, 2.05) is 47.1 Å². The number of aryl methyl sites for hydroxylation is 1. The number of rotatable bonds is 8. The first kappa shape index (κ1) is 21.1. The Hall–Kier alpha value is -3.72. The summed E-state index contributed by atoms with van der Waals surface area (Å²) in [7, 11) is 0. The molecule has 9 nitrogen and oxygen atoms in total. The molecule has 1 saturated heterocycles. The molecule has 170 valence electrons. The number of imidazole rings is 1. The van der Waals surface area contributed by atoms with Crippen molar-refractivity contribution in [3.63, 3.8) is 0 Å². The minimum absolute atomic E-state index is 0.503. The van der Waals surface area contributed by atoms with E-state index in [1.165, 1.54) is 0 Å². The summed E-state index contributed by atoms with van der Waals surface area (Å²) in [5.41, 5.74) is 2.84. The van der Waals surface area contributed by atoms with E-state index in [0.717, 1.165) is 61.0 Å². The van der Waals surface area contributed by atoms with Gasteiger partial charge in [0.2, 0.25) is 5.95 Å². The van der Waals surface area contributed by atoms with Crippen molar-refractivity contribution in [2.24, 2.45) is 0 Å². The standard InChI is InChI=1S/C24H28N8O/c1-2-3-5-18-6-4-7-20(26-18)28-24-29-21(17-23(30-24)32-12-14-33-15-13-32)27-19-8-10-31-11-9-25-22(31)16-19/h4,6-11,16-17H,2-3,5,12-15H2,1H3,(H2,26,27,28,29,30). The first-order valence-electron chi connectivity index (χ1n) is 11.4. The third-order valence-corrected chi connectivity index (χ3v) is 5.55. The molecule has 0 bridgehead atoms. The van der Waals surface area contributed by atoms with Gasteiger partial charge in [-0.1, -0.05) is 19.4 Å². The Balaban J connectivity index is 1.43. The number of hydrogen-bond donors (Lipinski definition) is 2. The van der Waals surface area contributed by atoms with Gasteiger partial charge in [-0.2, -0.15) is 9.97 Å². The van der Waals surface area contributed by atoms with E-state index >= 15 is 0 Å². The smallest absolute Gasteiger partial charge is 0.232 e. The topological polar surface area (TPSA) is 92.5 Å². The van der Waals surface area contributed by atoms with Gasteiger partial charge in [0, 0.05) is 55.2 Å². The van der Waals surface area contributed by atoms with E-state index in [1.54, 1.807) is 6.20 Å². The lowest BCUT2D eigenvalue weighted by Crippen LogP contribution is -2.36. The van der Waals surface area contributed by atoms with Crippen LogP contribution in [0.5, 0.6) is 0 Å². The fourth-order valence-electron chi connectivity index (χ4n) is 3.81. The van der Waals surface area contributed by atoms with Crippen molar-refractivity contribution in [2.45, 2.75) is 26.2 Å². The predicted octanol–water partition coefficient (Wildman–Crippen LogP) is 4.19. The SMILES string of the molecule is CCCCc1cccc(Nc2nc(Nc3ccn4ccnc4c3)cc(N3CCOCC3)n2)n1. The van der Waals surface area contributed by atoms with Crippen molar-refractivity contribution in [1.82, 2.24) is 24.3 Å². The quantitative estimate of drug-likeness (QED) is 0.418. The Morgan fingerprint density at radius 2 is 1.88 bits per heavy atom. The third kappa shape index (κ3) is 5.20. The molecular weight excluding hydrogens is 416 g/mol. The van der Waals surface area contributed by atoms with Crippen molar-refractivity contribution >= 4 is 34.7 Å². The average molecular weight is 445 g/mol. The van der Waals surface area contributed by atoms with Gasteiger partial charge in [0.25, 0.3) is 0 Å². The van der Waals surface area contributed by atoms with Gasteiger partial charge in [0.15, 0.2) is 0 Å². The number of fused-ring (bicyclic) bond motifs is 1. The summed E-state index contributed by atoms with van der Waals surface area (Å²) in [5, 5.41) is 6.71. The van der Waals surface area contributed by atoms with Gasteiger partial charge in [0.1, 0.15) is 23.1 Å². The molecule has 1 aliphatic heterocycles. The Bertz CT molecular complexity index is 1220. The number of nitrogens with zero attached hydrogens (tertiary/aromatic N) is 6. The molecule has 0 aliphatic carbocycles. The summed E-state index contributed by atoms with van der Waals surface area (Å²) in [6.07, 6.45) is 8.90. The highest BCUT2D eigenvalue weighted by atomic mass is 16.5. The van der Waals surface area contributed by atoms with E-state index < -0.39 is 0 Å². The van der Waals surface area contributed by atoms with Crippen LogP contribution in [0.25, 0.3) is 5.65 Å². The highest BCUT2D eigenvalue weighted by Crippen LogP contribution is 2.24. The Labute approximate surface area is 192 Å². The monoisotopic (exact) mass is 444 g/mol. The van der Waals surface area contributed by atoms with Gasteiger partial charge in [-0.3, -0.25) is 0 Å². The lowest BCUT2D eigenvalue weighted by molar-refractivity contribution is 0.122. The first-order valence-corrected chi connectivity index (χ1v) is 11.4. The summed E-state index contributed by atoms with van der Waals surface area (Å²) in [6, 6.07) is 12.0. The maximum absolute atomic E-state index is 5.52. The van der Waals surface area contributed by atoms with Crippen LogP contribution in [-0.2, 0) is 11.2 Å². The molecule has 1 fully saturated rings. The number of anilines is 5. The fourth-order valence-corrected chi connectivity index (χ4v) is 3.81. The van der Waals surface area contributed by atoms with Crippen molar-refractivity contribution in [3.05, 3.63) is 60.7 Å². The third-order valence-electron chi connectivity index (χ3n) is 5.55. The normalized spacial score (nSPS) is 13.9. The van der Waals surface area contributed by atoms with Gasteiger partial charge >= 0.3 is 0 Å². The molecule has 5 rings (SSSR count). The minimum Gasteiger partial charge on any atom is -0.378 e. The van der Waals surface area contributed by atoms with Gasteiger partial charge in [-0.15, -0.1) is 0 Å². The molecule has 0 unspecified atom stereocenters. The summed E-state index contributed by atoms with van der Waals surface area (Å²) in [5.74, 6) is 2.80. The molecule has 5 heterocycles. The van der Waals surface area contributed by atoms with E-state index in [2.05, 4.69) is 33.5 Å². The van der Waals surface area contributed by atoms with Crippen LogP contribution >= 0.6 is 0 Å². The number of hydrogen-bond acceptors (Lipinski definition) is 8. The van der Waals surface area contributed by atoms with Gasteiger partial charge < -0.3 is 24.7 Å². The average Bonchev–Trinajstić information content (AvgIpc) is 3.31. The second kappa shape index (κ2) is 9.83. The lowest BCUT2D eigenvalue weighted by Gasteiger charge is -2.28. The second-order valence-corrected chi connectivity index (χ2v) is 8.01. The van der Waals surface area contributed by atoms with E-state index in [4.69, 9.17) is 19.7 Å². The van der Waals surface area contributed by atoms with Crippen molar-refractivity contribution in [3.8, 4) is 0 Å². The van der Waals surface area contributed by atoms with Gasteiger partial charge in [-0.05, 0) is 31.0 Å². The zero-order chi connectivity index (χ0) is 22.5. The molecule has 0 atom stereocenters. The first-order chi connectivity index (χ1) is 16.3. The molecule has 0 radical (unpaired) electrons. The Morgan fingerprint density at radius 1 is 0.970 bits per heavy atom. The second-order valence-electron chi connectivity index (χ2n) is 8.01. The molecule has 2 N–H and O–H groups in total. The molecule has 1 aliphatic rings. The lowest BCUT2D eigenvalue weighted by atomic mass is 10.2. The summed E-state index contributed by atoms with van der Waals surface area (Å²) in [6.45, 7) is 5.15. The largest absolute Gasteiger partial charge is 0.378 e. The van der Waals surface area contributed by atoms with Crippen LogP contribution < -0.4 is 15.5 Å². The van der Waals surface area contributed by atoms with Crippen LogP contribution in [-0.4, -0.2) is 50.6 Å². The zero-order valence-electron chi connectivity index (χ0n) is 18.7. The summed E-state index contributed by atoms with van der Waals surface area (Å²) < 4.78 is 7.48. The van der Waals surface area contributed by atoms with Gasteiger partial charge in [-0.25, -0.2) is 9.97 Å². The van der Waals surface area contributed by atoms with Crippen LogP contribution in [0.3, 0.4) is 0 Å². The number of pyridine rings is 2. The maximum Gasteiger partial charge on any atom is 0.232 e. The van der Waals surface area contributed by atoms with Crippen LogP contribution in [0, 0.1) is 0 Å². The van der Waals surface area contributed by atoms with Crippen LogP contribution in [0.15, 0.2) is 55.0 Å². The van der Waals surface area contributed by atoms with Crippen LogP contribution in [0.4, 0.5) is 29.1 Å². The van der Waals surface area contributed by atoms with Crippen molar-refractivity contribution in [1.29, 1.82) is 0 Å². The molecular formula is C24H28N8O. The Morgan fingerprint density at radius 3 is 2.76 bits per heavy atom. The van der Waals surface area contributed by atoms with Gasteiger partial charge in [0.05, 0.1) is 13.2 Å².